The van der Waals surface area contributed by atoms with Gasteiger partial charge in [0.1, 0.15) is 48.7 Å². The number of phosphoric ester groups is 1. The van der Waals surface area contributed by atoms with Crippen molar-refractivity contribution >= 4 is 31.6 Å². The molecule has 2 saturated heterocycles. The molecule has 2 rings (SSSR count). The minimum Gasteiger partial charge on any atom is -0.462 e. The Morgan fingerprint density at radius 1 is 0.402 bits per heavy atom. The number of carbonyl (C=O) groups is 4. The van der Waals surface area contributed by atoms with Gasteiger partial charge < -0.3 is 74.7 Å². The van der Waals surface area contributed by atoms with Crippen LogP contribution >= 0.6 is 7.82 Å². The number of ether oxygens (including phenoxy) is 5. The third-order valence-corrected chi connectivity index (χ3v) is 21.1. The van der Waals surface area contributed by atoms with Crippen LogP contribution in [-0.4, -0.2) is 157 Å². The Morgan fingerprint density at radius 3 is 1.14 bits per heavy atom. The smallest absolute Gasteiger partial charge is 0.462 e. The third kappa shape index (κ3) is 49.6. The SMILES string of the molecule is CCCCCCCCCCCCCCCC(=O)O[C@H](CCCCCCCCCCCCCCC)CC(=O)N[C@H]1[C@H](OC[C@H]2O[C@H](OP(=O)(O)O)[C@H](NC(=O)C[C@H](O)CCCCCCCCCCCCCCC)[C@@H](OC(=O)C[C@H](O)CCCCCCCCCCCCC)[C@@H]2O)O[C@H](CO)[C@@H](O)[C@@H]1O. The fourth-order valence-electron chi connectivity index (χ4n) is 14.2. The molecular weight excluding hydrogens is 1320 g/mol. The first-order valence-electron chi connectivity index (χ1n) is 42.0. The van der Waals surface area contributed by atoms with Crippen LogP contribution in [0.25, 0.3) is 0 Å². The standard InChI is InChI=1S/C80H153N2O19P/c1-5-9-13-17-21-25-29-32-36-40-43-47-51-55-64(84)59-69(86)82-74-78(100-72(89)60-65(85)56-52-48-44-39-35-28-24-20-16-12-8-4)76(91)68(99-80(74)101-102(93,94)95)63-96-79-73(77(92)75(90)67(62-83)98-79)81-70(87)61-66(57-53-49-45-41-37-33-30-26-22-18-14-10-6-2)97-71(88)58-54-50-46-42-38-34-31-27-23-19-15-11-7-3/h64-68,73-80,83-85,90-92H,5-63H2,1-4H3,(H,81,87)(H,82,86)(H2,93,94,95)/t64-,65-,66-,67-,68-,73-,74-,75-,76-,77-,78-,79-,80-/m1/s1. The maximum Gasteiger partial charge on any atom is 0.472 e. The van der Waals surface area contributed by atoms with E-state index in [9.17, 15) is 64.2 Å². The molecule has 2 fully saturated rings. The molecule has 0 spiro atoms. The van der Waals surface area contributed by atoms with Crippen molar-refractivity contribution < 1.29 is 92.4 Å². The second kappa shape index (κ2) is 63.5. The maximum absolute atomic E-state index is 14.2. The highest BCUT2D eigenvalue weighted by molar-refractivity contribution is 7.46. The number of hydrogen-bond donors (Lipinski definition) is 10. The number of nitrogens with one attached hydrogen (secondary N) is 2. The molecule has 602 valence electrons. The molecular formula is C80H153N2O19P. The molecule has 10 N–H and O–H groups in total. The first kappa shape index (κ1) is 95.7. The fraction of sp³-hybridized carbons (Fsp3) is 0.950. The van der Waals surface area contributed by atoms with Crippen LogP contribution in [0.4, 0.5) is 0 Å². The van der Waals surface area contributed by atoms with Gasteiger partial charge in [-0.3, -0.25) is 23.7 Å². The number of esters is 2. The lowest BCUT2D eigenvalue weighted by Gasteiger charge is -2.45. The summed E-state index contributed by atoms with van der Waals surface area (Å²) in [6.45, 7) is 7.26. The van der Waals surface area contributed by atoms with Gasteiger partial charge >= 0.3 is 19.8 Å². The van der Waals surface area contributed by atoms with Crippen molar-refractivity contribution in [3.05, 3.63) is 0 Å². The first-order valence-corrected chi connectivity index (χ1v) is 43.6. The molecule has 0 radical (unpaired) electrons. The molecule has 0 unspecified atom stereocenters. The Hall–Kier alpha value is -2.37. The lowest BCUT2D eigenvalue weighted by Crippen LogP contribution is -2.67. The van der Waals surface area contributed by atoms with Crippen LogP contribution in [0, 0.1) is 0 Å². The van der Waals surface area contributed by atoms with E-state index in [2.05, 4.69) is 38.3 Å². The maximum atomic E-state index is 14.2. The van der Waals surface area contributed by atoms with Gasteiger partial charge in [-0.05, 0) is 32.1 Å². The van der Waals surface area contributed by atoms with Crippen molar-refractivity contribution in [2.75, 3.05) is 13.2 Å². The van der Waals surface area contributed by atoms with E-state index in [0.29, 0.717) is 32.1 Å². The van der Waals surface area contributed by atoms with Gasteiger partial charge in [-0.2, -0.15) is 0 Å². The quantitative estimate of drug-likeness (QED) is 0.0154. The zero-order valence-electron chi connectivity index (χ0n) is 64.7. The zero-order chi connectivity index (χ0) is 74.7. The van der Waals surface area contributed by atoms with Gasteiger partial charge in [0.15, 0.2) is 18.7 Å². The second-order valence-corrected chi connectivity index (χ2v) is 31.4. The summed E-state index contributed by atoms with van der Waals surface area (Å²) in [6, 6.07) is -3.37. The normalized spacial score (nSPS) is 21.8. The summed E-state index contributed by atoms with van der Waals surface area (Å²) >= 11 is 0. The Balaban J connectivity index is 2.27. The molecule has 22 heteroatoms. The fourth-order valence-corrected chi connectivity index (χ4v) is 14.7. The molecule has 2 aliphatic heterocycles. The molecule has 2 amide bonds. The van der Waals surface area contributed by atoms with E-state index in [1.807, 2.05) is 0 Å². The highest BCUT2D eigenvalue weighted by Gasteiger charge is 2.52. The molecule has 2 aliphatic rings. The van der Waals surface area contributed by atoms with Gasteiger partial charge in [0, 0.05) is 6.42 Å². The van der Waals surface area contributed by atoms with Gasteiger partial charge in [-0.1, -0.05) is 336 Å². The number of amides is 2. The van der Waals surface area contributed by atoms with E-state index < -0.39 is 137 Å². The Bertz CT molecular complexity index is 2060. The summed E-state index contributed by atoms with van der Waals surface area (Å²) < 4.78 is 47.7. The Kier molecular flexibility index (Phi) is 59.6. The van der Waals surface area contributed by atoms with Gasteiger partial charge in [-0.25, -0.2) is 4.57 Å². The predicted molar refractivity (Wildman–Crippen MR) is 403 cm³/mol. The largest absolute Gasteiger partial charge is 0.472 e. The van der Waals surface area contributed by atoms with Crippen LogP contribution in [0.1, 0.15) is 394 Å². The van der Waals surface area contributed by atoms with Crippen LogP contribution in [0.15, 0.2) is 0 Å². The lowest BCUT2D eigenvalue weighted by atomic mass is 9.95. The van der Waals surface area contributed by atoms with Crippen molar-refractivity contribution in [3.8, 4) is 0 Å². The van der Waals surface area contributed by atoms with E-state index in [-0.39, 0.29) is 25.7 Å². The lowest BCUT2D eigenvalue weighted by molar-refractivity contribution is -0.297. The van der Waals surface area contributed by atoms with Crippen molar-refractivity contribution in [1.29, 1.82) is 0 Å². The summed E-state index contributed by atoms with van der Waals surface area (Å²) in [5.41, 5.74) is 0. The number of unbranched alkanes of at least 4 members (excludes halogenated alkanes) is 46. The van der Waals surface area contributed by atoms with Crippen molar-refractivity contribution in [2.24, 2.45) is 0 Å². The molecule has 0 aliphatic carbocycles. The predicted octanol–water partition coefficient (Wildman–Crippen LogP) is 16.5. The number of carbonyl (C=O) groups excluding carboxylic acids is 4. The van der Waals surface area contributed by atoms with Crippen molar-refractivity contribution in [1.82, 2.24) is 10.6 Å². The van der Waals surface area contributed by atoms with E-state index >= 15 is 0 Å². The number of aliphatic hydroxyl groups is 6. The van der Waals surface area contributed by atoms with Crippen LogP contribution in [0.2, 0.25) is 0 Å². The highest BCUT2D eigenvalue weighted by atomic mass is 31.2. The number of hydrogen-bond acceptors (Lipinski definition) is 17. The molecule has 0 aromatic rings. The summed E-state index contributed by atoms with van der Waals surface area (Å²) in [4.78, 5) is 75.8. The van der Waals surface area contributed by atoms with E-state index in [0.717, 1.165) is 96.3 Å². The average Bonchev–Trinajstić information content (AvgIpc) is 0.813. The Labute approximate surface area is 618 Å². The average molecular weight is 1480 g/mol. The van der Waals surface area contributed by atoms with E-state index in [1.165, 1.54) is 199 Å². The first-order chi connectivity index (χ1) is 49.4. The molecule has 0 aromatic heterocycles. The monoisotopic (exact) mass is 1480 g/mol. The molecule has 0 aromatic carbocycles. The molecule has 0 saturated carbocycles. The minimum absolute atomic E-state index is 0.195. The number of rotatable bonds is 70. The van der Waals surface area contributed by atoms with Gasteiger partial charge in [0.2, 0.25) is 11.8 Å². The third-order valence-electron chi connectivity index (χ3n) is 20.6. The van der Waals surface area contributed by atoms with Gasteiger partial charge in [-0.15, -0.1) is 0 Å². The number of aliphatic hydroxyl groups excluding tert-OH is 6. The van der Waals surface area contributed by atoms with Crippen molar-refractivity contribution in [3.63, 3.8) is 0 Å². The summed E-state index contributed by atoms with van der Waals surface area (Å²) in [5, 5.41) is 72.6. The topological polar surface area (TPSA) is 327 Å². The Morgan fingerprint density at radius 2 is 0.745 bits per heavy atom. The summed E-state index contributed by atoms with van der Waals surface area (Å²) in [6.07, 6.45) is 38.8. The molecule has 102 heavy (non-hydrogen) atoms. The summed E-state index contributed by atoms with van der Waals surface area (Å²) in [5.74, 6) is -2.96. The zero-order valence-corrected chi connectivity index (χ0v) is 65.6. The number of phosphoric acid groups is 1. The van der Waals surface area contributed by atoms with E-state index in [4.69, 9.17) is 28.2 Å². The summed E-state index contributed by atoms with van der Waals surface area (Å²) in [7, 11) is -5.52. The molecule has 21 nitrogen and oxygen atoms in total. The van der Waals surface area contributed by atoms with Crippen LogP contribution in [0.3, 0.4) is 0 Å². The highest BCUT2D eigenvalue weighted by Crippen LogP contribution is 2.42. The van der Waals surface area contributed by atoms with Crippen LogP contribution in [0.5, 0.6) is 0 Å². The molecule has 13 atom stereocenters. The molecule has 2 heterocycles. The second-order valence-electron chi connectivity index (χ2n) is 30.2. The van der Waals surface area contributed by atoms with Crippen molar-refractivity contribution in [2.45, 2.75) is 473 Å². The van der Waals surface area contributed by atoms with E-state index in [1.54, 1.807) is 0 Å². The van der Waals surface area contributed by atoms with Gasteiger partial charge in [0.05, 0.1) is 44.7 Å². The van der Waals surface area contributed by atoms with Gasteiger partial charge in [0.25, 0.3) is 0 Å². The minimum atomic E-state index is -5.52. The van der Waals surface area contributed by atoms with Crippen LogP contribution < -0.4 is 10.6 Å². The molecule has 0 bridgehead atoms. The van der Waals surface area contributed by atoms with Crippen LogP contribution in [-0.2, 0) is 52.0 Å².